The Morgan fingerprint density at radius 3 is 2.81 bits per heavy atom. The molecule has 1 unspecified atom stereocenters. The molecular weight excluding hydrogens is 364 g/mol. The summed E-state index contributed by atoms with van der Waals surface area (Å²) < 4.78 is 51.5. The van der Waals surface area contributed by atoms with Crippen LogP contribution in [-0.4, -0.2) is 59.4 Å². The number of guanidine groups is 1. The third-order valence-corrected chi connectivity index (χ3v) is 4.60. The number of sulfonamides is 1. The van der Waals surface area contributed by atoms with Crippen molar-refractivity contribution < 1.29 is 17.2 Å². The lowest BCUT2D eigenvalue weighted by Gasteiger charge is -2.21. The van der Waals surface area contributed by atoms with Gasteiger partial charge in [-0.05, 0) is 25.5 Å². The summed E-state index contributed by atoms with van der Waals surface area (Å²) in [7, 11) is -3.23. The molecule has 146 valence electrons. The first-order valence-electron chi connectivity index (χ1n) is 8.48. The van der Waals surface area contributed by atoms with E-state index in [2.05, 4.69) is 20.3 Å². The van der Waals surface area contributed by atoms with E-state index >= 15 is 0 Å². The summed E-state index contributed by atoms with van der Waals surface area (Å²) in [4.78, 5) is 6.19. The Morgan fingerprint density at radius 1 is 1.38 bits per heavy atom. The lowest BCUT2D eigenvalue weighted by atomic mass is 10.2. The highest BCUT2D eigenvalue weighted by molar-refractivity contribution is 7.88. The molecule has 0 spiro atoms. The van der Waals surface area contributed by atoms with E-state index in [1.165, 1.54) is 12.1 Å². The molecule has 0 saturated carbocycles. The molecule has 1 fully saturated rings. The summed E-state index contributed by atoms with van der Waals surface area (Å²) in [5.41, 5.74) is 0.384. The second-order valence-corrected chi connectivity index (χ2v) is 7.93. The summed E-state index contributed by atoms with van der Waals surface area (Å²) in [6.45, 7) is 4.32. The van der Waals surface area contributed by atoms with Gasteiger partial charge in [-0.1, -0.05) is 0 Å². The highest BCUT2D eigenvalue weighted by Gasteiger charge is 2.25. The maximum absolute atomic E-state index is 13.9. The van der Waals surface area contributed by atoms with Crippen molar-refractivity contribution in [1.29, 1.82) is 0 Å². The summed E-state index contributed by atoms with van der Waals surface area (Å²) in [6, 6.07) is 3.64. The Kier molecular flexibility index (Phi) is 7.15. The van der Waals surface area contributed by atoms with Gasteiger partial charge in [0, 0.05) is 38.3 Å². The summed E-state index contributed by atoms with van der Waals surface area (Å²) >= 11 is 0. The van der Waals surface area contributed by atoms with Crippen molar-refractivity contribution in [3.8, 4) is 0 Å². The minimum Gasteiger partial charge on any atom is -0.367 e. The number of nitrogens with zero attached hydrogens (tertiary/aromatic N) is 2. The number of hydrogen-bond acceptors (Lipinski definition) is 4. The monoisotopic (exact) mass is 389 g/mol. The van der Waals surface area contributed by atoms with Gasteiger partial charge in [0.1, 0.15) is 11.6 Å². The Balaban J connectivity index is 1.91. The van der Waals surface area contributed by atoms with Crippen molar-refractivity contribution >= 4 is 21.7 Å². The van der Waals surface area contributed by atoms with Crippen LogP contribution in [0.3, 0.4) is 0 Å². The predicted octanol–water partition coefficient (Wildman–Crippen LogP) is 0.648. The Hall–Kier alpha value is -1.94. The molecule has 1 aliphatic heterocycles. The maximum atomic E-state index is 13.9. The van der Waals surface area contributed by atoms with Crippen molar-refractivity contribution in [3.63, 3.8) is 0 Å². The molecule has 1 atom stereocenters. The molecule has 0 aliphatic carbocycles. The minimum absolute atomic E-state index is 0.0557. The number of nitrogens with one attached hydrogen (secondary N) is 3. The van der Waals surface area contributed by atoms with Crippen molar-refractivity contribution in [1.82, 2.24) is 15.4 Å². The normalized spacial score (nSPS) is 18.2. The summed E-state index contributed by atoms with van der Waals surface area (Å²) in [5, 5.41) is 6.37. The predicted molar refractivity (Wildman–Crippen MR) is 98.9 cm³/mol. The second kappa shape index (κ2) is 9.13. The van der Waals surface area contributed by atoms with Gasteiger partial charge < -0.3 is 15.5 Å². The lowest BCUT2D eigenvalue weighted by molar-refractivity contribution is 0.580. The van der Waals surface area contributed by atoms with Gasteiger partial charge in [-0.25, -0.2) is 21.9 Å². The number of halogens is 2. The molecule has 0 bridgehead atoms. The van der Waals surface area contributed by atoms with Gasteiger partial charge in [-0.2, -0.15) is 0 Å². The molecule has 0 amide bonds. The fraction of sp³-hybridized carbons (Fsp3) is 0.562. The van der Waals surface area contributed by atoms with Gasteiger partial charge in [0.25, 0.3) is 0 Å². The van der Waals surface area contributed by atoms with Crippen LogP contribution >= 0.6 is 0 Å². The average Bonchev–Trinajstić information content (AvgIpc) is 2.99. The molecule has 7 nitrogen and oxygen atoms in total. The third kappa shape index (κ3) is 6.41. The highest BCUT2D eigenvalue weighted by atomic mass is 32.2. The van der Waals surface area contributed by atoms with E-state index in [1.807, 2.05) is 11.8 Å². The van der Waals surface area contributed by atoms with Crippen LogP contribution in [0.5, 0.6) is 0 Å². The quantitative estimate of drug-likeness (QED) is 0.362. The molecule has 0 radical (unpaired) electrons. The molecule has 1 aromatic carbocycles. The van der Waals surface area contributed by atoms with E-state index < -0.39 is 21.7 Å². The van der Waals surface area contributed by atoms with Gasteiger partial charge in [-0.3, -0.25) is 4.99 Å². The molecule has 10 heteroatoms. The van der Waals surface area contributed by atoms with Gasteiger partial charge in [0.05, 0.1) is 18.5 Å². The van der Waals surface area contributed by atoms with E-state index in [0.29, 0.717) is 37.8 Å². The van der Waals surface area contributed by atoms with E-state index in [1.54, 1.807) is 0 Å². The standard InChI is InChI=1S/C16H25F2N5O2S/c1-3-19-16(20-7-8-21-26(2,24)25)22-13-6-9-23(11-13)15-5-4-12(17)10-14(15)18/h4-5,10,13,21H,3,6-9,11H2,1-2H3,(H2,19,20,22). The molecule has 1 aliphatic rings. The second-order valence-electron chi connectivity index (χ2n) is 6.10. The fourth-order valence-electron chi connectivity index (χ4n) is 2.75. The van der Waals surface area contributed by atoms with E-state index in [4.69, 9.17) is 0 Å². The maximum Gasteiger partial charge on any atom is 0.208 e. The van der Waals surface area contributed by atoms with Crippen molar-refractivity contribution in [2.75, 3.05) is 43.9 Å². The molecule has 1 aromatic rings. The minimum atomic E-state index is -3.23. The third-order valence-electron chi connectivity index (χ3n) is 3.87. The number of rotatable bonds is 7. The number of aliphatic imine (C=N–C) groups is 1. The first-order valence-corrected chi connectivity index (χ1v) is 10.4. The van der Waals surface area contributed by atoms with Crippen molar-refractivity contribution in [3.05, 3.63) is 29.8 Å². The van der Waals surface area contributed by atoms with Crippen LogP contribution in [0.15, 0.2) is 23.2 Å². The van der Waals surface area contributed by atoms with Crippen LogP contribution < -0.4 is 20.3 Å². The van der Waals surface area contributed by atoms with Crippen LogP contribution in [0.4, 0.5) is 14.5 Å². The number of hydrogen-bond donors (Lipinski definition) is 3. The topological polar surface area (TPSA) is 85.8 Å². The Bertz CT molecular complexity index is 742. The van der Waals surface area contributed by atoms with Crippen LogP contribution in [-0.2, 0) is 10.0 Å². The average molecular weight is 389 g/mol. The van der Waals surface area contributed by atoms with Crippen LogP contribution in [0.25, 0.3) is 0 Å². The van der Waals surface area contributed by atoms with E-state index in [9.17, 15) is 17.2 Å². The molecule has 1 heterocycles. The van der Waals surface area contributed by atoms with Gasteiger partial charge in [0.15, 0.2) is 5.96 Å². The molecule has 3 N–H and O–H groups in total. The molecule has 2 rings (SSSR count). The fourth-order valence-corrected chi connectivity index (χ4v) is 3.21. The van der Waals surface area contributed by atoms with Gasteiger partial charge >= 0.3 is 0 Å². The van der Waals surface area contributed by atoms with Crippen LogP contribution in [0.1, 0.15) is 13.3 Å². The van der Waals surface area contributed by atoms with Crippen LogP contribution in [0.2, 0.25) is 0 Å². The summed E-state index contributed by atoms with van der Waals surface area (Å²) in [5.74, 6) is -0.586. The first-order chi connectivity index (χ1) is 12.3. The van der Waals surface area contributed by atoms with Crippen molar-refractivity contribution in [2.45, 2.75) is 19.4 Å². The van der Waals surface area contributed by atoms with E-state index in [-0.39, 0.29) is 12.6 Å². The van der Waals surface area contributed by atoms with Gasteiger partial charge in [0.2, 0.25) is 10.0 Å². The summed E-state index contributed by atoms with van der Waals surface area (Å²) in [6.07, 6.45) is 1.88. The van der Waals surface area contributed by atoms with Crippen molar-refractivity contribution in [2.24, 2.45) is 4.99 Å². The molecule has 1 saturated heterocycles. The largest absolute Gasteiger partial charge is 0.367 e. The van der Waals surface area contributed by atoms with E-state index in [0.717, 1.165) is 18.7 Å². The smallest absolute Gasteiger partial charge is 0.208 e. The lowest BCUT2D eigenvalue weighted by Crippen LogP contribution is -2.45. The highest BCUT2D eigenvalue weighted by Crippen LogP contribution is 2.24. The Morgan fingerprint density at radius 2 is 2.15 bits per heavy atom. The molecular formula is C16H25F2N5O2S. The zero-order valence-corrected chi connectivity index (χ0v) is 15.7. The zero-order chi connectivity index (χ0) is 19.2. The van der Waals surface area contributed by atoms with Crippen LogP contribution in [0, 0.1) is 11.6 Å². The van der Waals surface area contributed by atoms with Gasteiger partial charge in [-0.15, -0.1) is 0 Å². The Labute approximate surface area is 152 Å². The molecule has 26 heavy (non-hydrogen) atoms. The molecule has 0 aromatic heterocycles. The number of anilines is 1. The number of benzene rings is 1. The zero-order valence-electron chi connectivity index (χ0n) is 14.9. The first kappa shape index (κ1) is 20.4. The SMILES string of the molecule is CCNC(=NCCNS(C)(=O)=O)NC1CCN(c2ccc(F)cc2F)C1.